The van der Waals surface area contributed by atoms with Crippen LogP contribution in [0.15, 0.2) is 0 Å². The highest BCUT2D eigenvalue weighted by Crippen LogP contribution is 2.20. The Morgan fingerprint density at radius 2 is 1.85 bits per heavy atom. The number of hydrogen-bond donors (Lipinski definition) is 1. The van der Waals surface area contributed by atoms with Gasteiger partial charge in [0.05, 0.1) is 25.2 Å². The van der Waals surface area contributed by atoms with E-state index in [9.17, 15) is 9.59 Å². The summed E-state index contributed by atoms with van der Waals surface area (Å²) in [4.78, 5) is 27.9. The average molecular weight is 306 g/mol. The number of halogens is 1. The zero-order valence-electron chi connectivity index (χ0n) is 11.9. The van der Waals surface area contributed by atoms with Crippen molar-refractivity contribution in [3.05, 3.63) is 0 Å². The van der Waals surface area contributed by atoms with Crippen LogP contribution in [0.5, 0.6) is 0 Å². The van der Waals surface area contributed by atoms with Gasteiger partial charge in [-0.15, -0.1) is 12.4 Å². The van der Waals surface area contributed by atoms with Crippen LogP contribution < -0.4 is 5.73 Å². The highest BCUT2D eigenvalue weighted by Gasteiger charge is 2.32. The van der Waals surface area contributed by atoms with E-state index in [1.165, 1.54) is 0 Å². The molecule has 20 heavy (non-hydrogen) atoms. The second kappa shape index (κ2) is 7.81. The van der Waals surface area contributed by atoms with Crippen molar-refractivity contribution in [2.24, 2.45) is 11.7 Å². The summed E-state index contributed by atoms with van der Waals surface area (Å²) in [7, 11) is 0. The number of piperidine rings is 1. The molecule has 6 nitrogen and oxygen atoms in total. The van der Waals surface area contributed by atoms with Crippen molar-refractivity contribution < 1.29 is 14.3 Å². The number of carbonyl (C=O) groups excluding carboxylic acids is 2. The molecule has 1 unspecified atom stereocenters. The van der Waals surface area contributed by atoms with Crippen molar-refractivity contribution in [1.29, 1.82) is 0 Å². The molecule has 2 atom stereocenters. The fourth-order valence-corrected chi connectivity index (χ4v) is 2.71. The Labute approximate surface area is 126 Å². The number of hydrogen-bond acceptors (Lipinski definition) is 4. The third kappa shape index (κ3) is 4.07. The van der Waals surface area contributed by atoms with Crippen LogP contribution >= 0.6 is 12.4 Å². The number of morpholine rings is 1. The number of rotatable bonds is 2. The van der Waals surface area contributed by atoms with E-state index in [-0.39, 0.29) is 30.1 Å². The van der Waals surface area contributed by atoms with Gasteiger partial charge in [0.1, 0.15) is 0 Å². The Bertz CT molecular complexity index is 346. The Morgan fingerprint density at radius 1 is 1.20 bits per heavy atom. The second-order valence-electron chi connectivity index (χ2n) is 5.35. The van der Waals surface area contributed by atoms with E-state index in [0.717, 1.165) is 12.8 Å². The fraction of sp³-hybridized carbons (Fsp3) is 0.846. The molecule has 0 aromatic rings. The summed E-state index contributed by atoms with van der Waals surface area (Å²) in [5.74, 6) is 0.0273. The van der Waals surface area contributed by atoms with Crippen LogP contribution in [0.1, 0.15) is 19.8 Å². The zero-order valence-corrected chi connectivity index (χ0v) is 12.7. The molecule has 2 heterocycles. The number of likely N-dealkylation sites (tertiary alicyclic amines) is 1. The molecule has 0 aromatic heterocycles. The van der Waals surface area contributed by atoms with Gasteiger partial charge in [-0.3, -0.25) is 9.59 Å². The molecule has 2 N–H and O–H groups in total. The molecule has 2 fully saturated rings. The first-order valence-electron chi connectivity index (χ1n) is 7.00. The SMILES string of the molecule is C[C@@H](N)C(=O)N1CCCC(C(=O)N2CCOCC2)C1.Cl. The first-order chi connectivity index (χ1) is 9.09. The maximum Gasteiger partial charge on any atom is 0.239 e. The first-order valence-corrected chi connectivity index (χ1v) is 7.00. The minimum atomic E-state index is -0.489. The van der Waals surface area contributed by atoms with Gasteiger partial charge in [0.25, 0.3) is 0 Å². The molecule has 2 saturated heterocycles. The highest BCUT2D eigenvalue weighted by molar-refractivity contribution is 5.85. The predicted molar refractivity (Wildman–Crippen MR) is 77.6 cm³/mol. The molecule has 2 amide bonds. The zero-order chi connectivity index (χ0) is 13.8. The third-order valence-corrected chi connectivity index (χ3v) is 3.79. The maximum atomic E-state index is 12.4. The molecule has 0 spiro atoms. The number of nitrogens with zero attached hydrogens (tertiary/aromatic N) is 2. The molecular formula is C13H24ClN3O3. The van der Waals surface area contributed by atoms with Crippen LogP contribution in [0.25, 0.3) is 0 Å². The van der Waals surface area contributed by atoms with Crippen molar-refractivity contribution in [3.8, 4) is 0 Å². The van der Waals surface area contributed by atoms with E-state index in [2.05, 4.69) is 0 Å². The Kier molecular flexibility index (Phi) is 6.71. The molecular weight excluding hydrogens is 282 g/mol. The summed E-state index contributed by atoms with van der Waals surface area (Å²) in [5.41, 5.74) is 5.63. The fourth-order valence-electron chi connectivity index (χ4n) is 2.71. The monoisotopic (exact) mass is 305 g/mol. The molecule has 0 aliphatic carbocycles. The lowest BCUT2D eigenvalue weighted by Gasteiger charge is -2.36. The molecule has 0 bridgehead atoms. The van der Waals surface area contributed by atoms with Crippen LogP contribution in [-0.2, 0) is 14.3 Å². The van der Waals surface area contributed by atoms with E-state index in [1.54, 1.807) is 11.8 Å². The van der Waals surface area contributed by atoms with Crippen LogP contribution in [0.3, 0.4) is 0 Å². The topological polar surface area (TPSA) is 75.9 Å². The van der Waals surface area contributed by atoms with Gasteiger partial charge in [-0.05, 0) is 19.8 Å². The largest absolute Gasteiger partial charge is 0.378 e. The first kappa shape index (κ1) is 17.2. The van der Waals surface area contributed by atoms with E-state index in [4.69, 9.17) is 10.5 Å². The van der Waals surface area contributed by atoms with Crippen molar-refractivity contribution in [2.75, 3.05) is 39.4 Å². The summed E-state index contributed by atoms with van der Waals surface area (Å²) < 4.78 is 5.25. The summed E-state index contributed by atoms with van der Waals surface area (Å²) in [6, 6.07) is -0.489. The quantitative estimate of drug-likeness (QED) is 0.770. The molecule has 7 heteroatoms. The summed E-state index contributed by atoms with van der Waals surface area (Å²) in [5, 5.41) is 0. The Morgan fingerprint density at radius 3 is 2.45 bits per heavy atom. The molecule has 2 aliphatic heterocycles. The third-order valence-electron chi connectivity index (χ3n) is 3.79. The van der Waals surface area contributed by atoms with Crippen LogP contribution in [0.2, 0.25) is 0 Å². The minimum Gasteiger partial charge on any atom is -0.378 e. The second-order valence-corrected chi connectivity index (χ2v) is 5.35. The summed E-state index contributed by atoms with van der Waals surface area (Å²) in [6.45, 7) is 5.47. The highest BCUT2D eigenvalue weighted by atomic mass is 35.5. The van der Waals surface area contributed by atoms with Crippen LogP contribution in [0, 0.1) is 5.92 Å². The summed E-state index contributed by atoms with van der Waals surface area (Å²) >= 11 is 0. The maximum absolute atomic E-state index is 12.4. The van der Waals surface area contributed by atoms with Crippen molar-refractivity contribution >= 4 is 24.2 Å². The smallest absolute Gasteiger partial charge is 0.239 e. The van der Waals surface area contributed by atoms with Gasteiger partial charge in [0, 0.05) is 26.2 Å². The Hall–Kier alpha value is -0.850. The van der Waals surface area contributed by atoms with Gasteiger partial charge in [0.2, 0.25) is 11.8 Å². The number of ether oxygens (including phenoxy) is 1. The van der Waals surface area contributed by atoms with Gasteiger partial charge in [-0.1, -0.05) is 0 Å². The van der Waals surface area contributed by atoms with E-state index < -0.39 is 6.04 Å². The Balaban J connectivity index is 0.00000200. The van der Waals surface area contributed by atoms with Gasteiger partial charge < -0.3 is 20.3 Å². The predicted octanol–water partition coefficient (Wildman–Crippen LogP) is -0.147. The van der Waals surface area contributed by atoms with Crippen LogP contribution in [0.4, 0.5) is 0 Å². The van der Waals surface area contributed by atoms with Gasteiger partial charge in [-0.2, -0.15) is 0 Å². The van der Waals surface area contributed by atoms with Crippen molar-refractivity contribution in [2.45, 2.75) is 25.8 Å². The molecule has 116 valence electrons. The number of nitrogens with two attached hydrogens (primary N) is 1. The normalized spacial score (nSPS) is 24.8. The number of carbonyl (C=O) groups is 2. The minimum absolute atomic E-state index is 0. The van der Waals surface area contributed by atoms with Gasteiger partial charge >= 0.3 is 0 Å². The number of amides is 2. The van der Waals surface area contributed by atoms with Gasteiger partial charge in [-0.25, -0.2) is 0 Å². The lowest BCUT2D eigenvalue weighted by atomic mass is 9.96. The van der Waals surface area contributed by atoms with E-state index >= 15 is 0 Å². The molecule has 0 aromatic carbocycles. The van der Waals surface area contributed by atoms with E-state index in [0.29, 0.717) is 39.4 Å². The molecule has 0 saturated carbocycles. The lowest BCUT2D eigenvalue weighted by Crippen LogP contribution is -2.51. The molecule has 0 radical (unpaired) electrons. The molecule has 2 aliphatic rings. The standard InChI is InChI=1S/C13H23N3O3.ClH/c1-10(14)12(17)16-4-2-3-11(9-16)13(18)15-5-7-19-8-6-15;/h10-11H,2-9,14H2,1H3;1H/t10-,11?;/m1./s1. The van der Waals surface area contributed by atoms with E-state index in [1.807, 2.05) is 4.90 Å². The van der Waals surface area contributed by atoms with Crippen molar-refractivity contribution in [1.82, 2.24) is 9.80 Å². The van der Waals surface area contributed by atoms with Gasteiger partial charge in [0.15, 0.2) is 0 Å². The van der Waals surface area contributed by atoms with Crippen LogP contribution in [-0.4, -0.2) is 67.0 Å². The average Bonchev–Trinajstić information content (AvgIpc) is 2.46. The summed E-state index contributed by atoms with van der Waals surface area (Å²) in [6.07, 6.45) is 1.73. The molecule has 2 rings (SSSR count). The lowest BCUT2D eigenvalue weighted by molar-refractivity contribution is -0.144. The van der Waals surface area contributed by atoms with Crippen molar-refractivity contribution in [3.63, 3.8) is 0 Å².